The van der Waals surface area contributed by atoms with Crippen molar-refractivity contribution in [3.8, 4) is 0 Å². The van der Waals surface area contributed by atoms with Crippen LogP contribution in [0.1, 0.15) is 22.4 Å². The third-order valence-electron chi connectivity index (χ3n) is 3.44. The quantitative estimate of drug-likeness (QED) is 0.697. The molecule has 1 aliphatic heterocycles. The van der Waals surface area contributed by atoms with Gasteiger partial charge in [-0.25, -0.2) is 4.98 Å². The standard InChI is InChI=1S/C13H16N4OS2/c1-8(18)11-10(14)12(19-2)13(20-11)17-6-5-16-4-3-15-9(16)7-17/h3-4H,5-7,14H2,1-2H3. The Morgan fingerprint density at radius 1 is 1.50 bits per heavy atom. The lowest BCUT2D eigenvalue weighted by Crippen LogP contribution is -2.33. The Balaban J connectivity index is 1.99. The molecule has 0 bridgehead atoms. The number of fused-ring (bicyclic) bond motifs is 1. The second-order valence-electron chi connectivity index (χ2n) is 4.70. The van der Waals surface area contributed by atoms with Gasteiger partial charge < -0.3 is 15.2 Å². The van der Waals surface area contributed by atoms with Gasteiger partial charge in [-0.15, -0.1) is 23.1 Å². The van der Waals surface area contributed by atoms with Crippen LogP contribution in [0.4, 0.5) is 10.7 Å². The Bertz CT molecular complexity index is 661. The van der Waals surface area contributed by atoms with Crippen molar-refractivity contribution in [2.24, 2.45) is 0 Å². The topological polar surface area (TPSA) is 64.2 Å². The van der Waals surface area contributed by atoms with Gasteiger partial charge in [-0.2, -0.15) is 0 Å². The molecule has 0 spiro atoms. The zero-order chi connectivity index (χ0) is 14.3. The number of hydrogen-bond acceptors (Lipinski definition) is 6. The third-order valence-corrected chi connectivity index (χ3v) is 5.76. The van der Waals surface area contributed by atoms with Gasteiger partial charge in [-0.05, 0) is 6.26 Å². The number of nitrogens with zero attached hydrogens (tertiary/aromatic N) is 3. The molecule has 0 saturated heterocycles. The number of rotatable bonds is 3. The van der Waals surface area contributed by atoms with Crippen LogP contribution in [0.5, 0.6) is 0 Å². The van der Waals surface area contributed by atoms with E-state index in [0.717, 1.165) is 35.4 Å². The van der Waals surface area contributed by atoms with Crippen molar-refractivity contribution in [2.45, 2.75) is 24.9 Å². The molecule has 3 heterocycles. The van der Waals surface area contributed by atoms with Crippen LogP contribution in [-0.2, 0) is 13.1 Å². The van der Waals surface area contributed by atoms with Gasteiger partial charge in [0, 0.05) is 32.4 Å². The summed E-state index contributed by atoms with van der Waals surface area (Å²) in [6.45, 7) is 4.15. The van der Waals surface area contributed by atoms with Gasteiger partial charge in [0.15, 0.2) is 5.78 Å². The summed E-state index contributed by atoms with van der Waals surface area (Å²) >= 11 is 3.10. The molecule has 2 aromatic heterocycles. The summed E-state index contributed by atoms with van der Waals surface area (Å²) in [5.74, 6) is 1.09. The molecular weight excluding hydrogens is 292 g/mol. The Morgan fingerprint density at radius 2 is 2.30 bits per heavy atom. The first-order valence-corrected chi connectivity index (χ1v) is 8.38. The molecule has 0 radical (unpaired) electrons. The predicted octanol–water partition coefficient (Wildman–Crippen LogP) is 2.47. The molecule has 0 aliphatic carbocycles. The molecule has 20 heavy (non-hydrogen) atoms. The Hall–Kier alpha value is -1.47. The van der Waals surface area contributed by atoms with Crippen molar-refractivity contribution in [3.05, 3.63) is 23.1 Å². The number of carbonyl (C=O) groups is 1. The number of anilines is 2. The van der Waals surface area contributed by atoms with E-state index in [1.807, 2.05) is 18.6 Å². The molecule has 0 unspecified atom stereocenters. The highest BCUT2D eigenvalue weighted by atomic mass is 32.2. The first kappa shape index (κ1) is 13.5. The molecule has 2 aromatic rings. The largest absolute Gasteiger partial charge is 0.396 e. The maximum atomic E-state index is 11.7. The maximum Gasteiger partial charge on any atom is 0.171 e. The van der Waals surface area contributed by atoms with Crippen LogP contribution in [0.15, 0.2) is 17.3 Å². The average molecular weight is 308 g/mol. The van der Waals surface area contributed by atoms with Gasteiger partial charge in [0.05, 0.1) is 22.0 Å². The summed E-state index contributed by atoms with van der Waals surface area (Å²) in [5.41, 5.74) is 6.74. The monoisotopic (exact) mass is 308 g/mol. The SMILES string of the molecule is CSc1c(N2CCn3ccnc3C2)sc(C(C)=O)c1N. The number of Topliss-reactive ketones (excluding diaryl/α,β-unsaturated/α-hetero) is 1. The van der Waals surface area contributed by atoms with E-state index in [4.69, 9.17) is 5.73 Å². The summed E-state index contributed by atoms with van der Waals surface area (Å²) in [6.07, 6.45) is 5.83. The Morgan fingerprint density at radius 3 is 3.00 bits per heavy atom. The normalized spacial score (nSPS) is 14.4. The maximum absolute atomic E-state index is 11.7. The fourth-order valence-electron chi connectivity index (χ4n) is 2.43. The van der Waals surface area contributed by atoms with Gasteiger partial charge in [0.1, 0.15) is 10.8 Å². The van der Waals surface area contributed by atoms with E-state index < -0.39 is 0 Å². The van der Waals surface area contributed by atoms with Crippen LogP contribution in [0.3, 0.4) is 0 Å². The lowest BCUT2D eigenvalue weighted by molar-refractivity contribution is 0.102. The molecule has 0 atom stereocenters. The minimum Gasteiger partial charge on any atom is -0.396 e. The van der Waals surface area contributed by atoms with Crippen LogP contribution in [0.25, 0.3) is 0 Å². The predicted molar refractivity (Wildman–Crippen MR) is 83.8 cm³/mol. The minimum atomic E-state index is 0.0348. The van der Waals surface area contributed by atoms with E-state index in [2.05, 4.69) is 14.5 Å². The molecule has 0 saturated carbocycles. The lowest BCUT2D eigenvalue weighted by Gasteiger charge is -2.29. The summed E-state index contributed by atoms with van der Waals surface area (Å²) < 4.78 is 2.16. The van der Waals surface area contributed by atoms with Gasteiger partial charge in [-0.1, -0.05) is 0 Å². The fraction of sp³-hybridized carbons (Fsp3) is 0.385. The van der Waals surface area contributed by atoms with Crippen molar-refractivity contribution in [1.82, 2.24) is 9.55 Å². The molecule has 106 valence electrons. The number of nitrogens with two attached hydrogens (primary N) is 1. The van der Waals surface area contributed by atoms with E-state index >= 15 is 0 Å². The van der Waals surface area contributed by atoms with E-state index in [-0.39, 0.29) is 5.78 Å². The fourth-order valence-corrected chi connectivity index (χ4v) is 4.53. The second kappa shape index (κ2) is 5.14. The lowest BCUT2D eigenvalue weighted by atomic mass is 10.3. The van der Waals surface area contributed by atoms with Crippen molar-refractivity contribution in [2.75, 3.05) is 23.4 Å². The van der Waals surface area contributed by atoms with Gasteiger partial charge in [0.2, 0.25) is 0 Å². The van der Waals surface area contributed by atoms with Crippen molar-refractivity contribution in [3.63, 3.8) is 0 Å². The Labute approximate surface area is 125 Å². The third kappa shape index (κ3) is 2.10. The molecule has 3 rings (SSSR count). The number of aromatic nitrogens is 2. The second-order valence-corrected chi connectivity index (χ2v) is 6.51. The Kier molecular flexibility index (Phi) is 3.47. The number of thiophene rings is 1. The minimum absolute atomic E-state index is 0.0348. The average Bonchev–Trinajstić information content (AvgIpc) is 3.01. The molecule has 1 aliphatic rings. The highest BCUT2D eigenvalue weighted by Gasteiger charge is 2.25. The van der Waals surface area contributed by atoms with Crippen LogP contribution in [-0.4, -0.2) is 28.1 Å². The molecule has 0 amide bonds. The number of carbonyl (C=O) groups excluding carboxylic acids is 1. The zero-order valence-electron chi connectivity index (χ0n) is 11.4. The van der Waals surface area contributed by atoms with Crippen LogP contribution in [0.2, 0.25) is 0 Å². The molecule has 0 aromatic carbocycles. The summed E-state index contributed by atoms with van der Waals surface area (Å²) in [7, 11) is 0. The number of imidazole rings is 1. The highest BCUT2D eigenvalue weighted by Crippen LogP contribution is 2.44. The van der Waals surface area contributed by atoms with E-state index in [1.165, 1.54) is 11.3 Å². The number of ketones is 1. The number of hydrogen-bond donors (Lipinski definition) is 1. The number of thioether (sulfide) groups is 1. The van der Waals surface area contributed by atoms with E-state index in [1.54, 1.807) is 18.7 Å². The van der Waals surface area contributed by atoms with Crippen molar-refractivity contribution >= 4 is 39.6 Å². The van der Waals surface area contributed by atoms with Crippen molar-refractivity contribution < 1.29 is 4.79 Å². The molecule has 2 N–H and O–H groups in total. The summed E-state index contributed by atoms with van der Waals surface area (Å²) in [6, 6.07) is 0. The van der Waals surface area contributed by atoms with Crippen LogP contribution < -0.4 is 10.6 Å². The smallest absolute Gasteiger partial charge is 0.171 e. The molecular formula is C13H16N4OS2. The van der Waals surface area contributed by atoms with Gasteiger partial charge >= 0.3 is 0 Å². The van der Waals surface area contributed by atoms with Crippen LogP contribution >= 0.6 is 23.1 Å². The highest BCUT2D eigenvalue weighted by molar-refractivity contribution is 7.99. The summed E-state index contributed by atoms with van der Waals surface area (Å²) in [4.78, 5) is 20.0. The van der Waals surface area contributed by atoms with Crippen LogP contribution in [0, 0.1) is 0 Å². The first-order valence-electron chi connectivity index (χ1n) is 6.34. The van der Waals surface area contributed by atoms with Gasteiger partial charge in [-0.3, -0.25) is 4.79 Å². The van der Waals surface area contributed by atoms with E-state index in [9.17, 15) is 4.79 Å². The van der Waals surface area contributed by atoms with Gasteiger partial charge in [0.25, 0.3) is 0 Å². The first-order chi connectivity index (χ1) is 9.61. The molecule has 0 fully saturated rings. The number of nitrogen functional groups attached to an aromatic ring is 1. The van der Waals surface area contributed by atoms with E-state index in [0.29, 0.717) is 10.6 Å². The molecule has 7 heteroatoms. The van der Waals surface area contributed by atoms with Crippen molar-refractivity contribution in [1.29, 1.82) is 0 Å². The molecule has 5 nitrogen and oxygen atoms in total. The zero-order valence-corrected chi connectivity index (χ0v) is 13.1. The summed E-state index contributed by atoms with van der Waals surface area (Å²) in [5, 5.41) is 1.09.